The molecule has 12 heteroatoms. The molecule has 4 heterocycles. The van der Waals surface area contributed by atoms with Crippen LogP contribution in [-0.2, 0) is 6.18 Å². The van der Waals surface area contributed by atoms with Crippen LogP contribution in [-0.4, -0.2) is 70.5 Å². The van der Waals surface area contributed by atoms with E-state index in [9.17, 15) is 17.6 Å². The van der Waals surface area contributed by atoms with E-state index in [-0.39, 0.29) is 6.04 Å². The molecule has 1 saturated heterocycles. The lowest BCUT2D eigenvalue weighted by Crippen LogP contribution is -2.31. The van der Waals surface area contributed by atoms with Crippen molar-refractivity contribution in [3.63, 3.8) is 0 Å². The van der Waals surface area contributed by atoms with E-state index < -0.39 is 29.5 Å². The first-order chi connectivity index (χ1) is 18.2. The zero-order valence-corrected chi connectivity index (χ0v) is 21.8. The molecule has 1 aliphatic heterocycles. The van der Waals surface area contributed by atoms with Gasteiger partial charge in [-0.3, -0.25) is 4.68 Å². The van der Waals surface area contributed by atoms with Crippen LogP contribution in [0.15, 0.2) is 24.5 Å². The molecule has 8 nitrogen and oxygen atoms in total. The SMILES string of the molecule is CCNc1cc2c(cn1)c(N1CC[C@@H](N(C)C)C1)nn2[C@H]1CC[C@@H](Oc2nccc(C(F)(F)F)c2F)CC1. The van der Waals surface area contributed by atoms with Crippen LogP contribution in [0, 0.1) is 5.82 Å². The number of ether oxygens (including phenoxy) is 1. The summed E-state index contributed by atoms with van der Waals surface area (Å²) in [6.07, 6.45) is 1.15. The molecule has 0 unspecified atom stereocenters. The molecular formula is C26H33F4N7O. The van der Waals surface area contributed by atoms with Crippen molar-refractivity contribution in [3.05, 3.63) is 35.9 Å². The Kier molecular flexibility index (Phi) is 7.34. The van der Waals surface area contributed by atoms with Gasteiger partial charge in [0.15, 0.2) is 11.6 Å². The first-order valence-corrected chi connectivity index (χ1v) is 13.1. The summed E-state index contributed by atoms with van der Waals surface area (Å²) in [4.78, 5) is 12.9. The average Bonchev–Trinajstić information content (AvgIpc) is 3.51. The lowest BCUT2D eigenvalue weighted by molar-refractivity contribution is -0.140. The molecule has 38 heavy (non-hydrogen) atoms. The summed E-state index contributed by atoms with van der Waals surface area (Å²) in [5.74, 6) is -0.354. The van der Waals surface area contributed by atoms with Crippen molar-refractivity contribution in [1.29, 1.82) is 0 Å². The number of nitrogens with one attached hydrogen (secondary N) is 1. The molecule has 1 aliphatic carbocycles. The van der Waals surface area contributed by atoms with Crippen molar-refractivity contribution < 1.29 is 22.3 Å². The standard InChI is InChI=1S/C26H33F4N7O/c1-4-31-22-13-21-19(14-33-22)24(36-12-10-17(15-36)35(2)3)34-37(21)16-5-7-18(8-6-16)38-25-23(27)20(9-11-32-25)26(28,29)30/h9,11,13-14,16-18H,4-8,10,12,15H2,1-3H3,(H,31,33)/t16-,17-,18+/m1/s1. The predicted octanol–water partition coefficient (Wildman–Crippen LogP) is 5.12. The minimum absolute atomic E-state index is 0.0783. The lowest BCUT2D eigenvalue weighted by Gasteiger charge is -2.29. The van der Waals surface area contributed by atoms with Crippen molar-refractivity contribution in [1.82, 2.24) is 24.6 Å². The number of rotatable bonds is 7. The van der Waals surface area contributed by atoms with Crippen LogP contribution < -0.4 is 15.0 Å². The van der Waals surface area contributed by atoms with Crippen LogP contribution in [0.1, 0.15) is 50.6 Å². The van der Waals surface area contributed by atoms with Gasteiger partial charge >= 0.3 is 6.18 Å². The highest BCUT2D eigenvalue weighted by Gasteiger charge is 2.37. The van der Waals surface area contributed by atoms with Gasteiger partial charge in [-0.2, -0.15) is 18.3 Å². The Morgan fingerprint density at radius 3 is 2.55 bits per heavy atom. The van der Waals surface area contributed by atoms with Crippen LogP contribution in [0.3, 0.4) is 0 Å². The van der Waals surface area contributed by atoms with Gasteiger partial charge in [0.1, 0.15) is 11.9 Å². The maximum Gasteiger partial charge on any atom is 0.419 e. The summed E-state index contributed by atoms with van der Waals surface area (Å²) < 4.78 is 61.3. The summed E-state index contributed by atoms with van der Waals surface area (Å²) >= 11 is 0. The minimum Gasteiger partial charge on any atom is -0.472 e. The third kappa shape index (κ3) is 5.23. The maximum atomic E-state index is 14.4. The molecule has 1 atom stereocenters. The summed E-state index contributed by atoms with van der Waals surface area (Å²) in [5, 5.41) is 9.34. The van der Waals surface area contributed by atoms with Crippen LogP contribution in [0.25, 0.3) is 10.9 Å². The Labute approximate surface area is 219 Å². The van der Waals surface area contributed by atoms with Crippen molar-refractivity contribution in [2.75, 3.05) is 43.9 Å². The second kappa shape index (κ2) is 10.5. The summed E-state index contributed by atoms with van der Waals surface area (Å²) in [6.45, 7) is 4.58. The van der Waals surface area contributed by atoms with Gasteiger partial charge in [-0.25, -0.2) is 14.4 Å². The van der Waals surface area contributed by atoms with Crippen molar-refractivity contribution >= 4 is 22.5 Å². The lowest BCUT2D eigenvalue weighted by atomic mass is 9.93. The van der Waals surface area contributed by atoms with Gasteiger partial charge < -0.3 is 19.9 Å². The molecule has 2 fully saturated rings. The predicted molar refractivity (Wildman–Crippen MR) is 137 cm³/mol. The van der Waals surface area contributed by atoms with E-state index in [0.717, 1.165) is 54.8 Å². The third-order valence-corrected chi connectivity index (χ3v) is 7.55. The van der Waals surface area contributed by atoms with Crippen LogP contribution in [0.2, 0.25) is 0 Å². The van der Waals surface area contributed by atoms with Gasteiger partial charge in [0.05, 0.1) is 22.5 Å². The first kappa shape index (κ1) is 26.5. The van der Waals surface area contributed by atoms with Gasteiger partial charge in [0.2, 0.25) is 0 Å². The largest absolute Gasteiger partial charge is 0.472 e. The van der Waals surface area contributed by atoms with E-state index >= 15 is 0 Å². The summed E-state index contributed by atoms with van der Waals surface area (Å²) in [5.41, 5.74) is -0.371. The number of anilines is 2. The number of nitrogens with zero attached hydrogens (tertiary/aromatic N) is 6. The molecule has 3 aromatic heterocycles. The molecule has 0 spiro atoms. The molecule has 5 rings (SSSR count). The van der Waals surface area contributed by atoms with Crippen LogP contribution in [0.4, 0.5) is 29.2 Å². The number of fused-ring (bicyclic) bond motifs is 1. The number of hydrogen-bond donors (Lipinski definition) is 1. The Morgan fingerprint density at radius 2 is 1.89 bits per heavy atom. The molecule has 1 saturated carbocycles. The zero-order chi connectivity index (χ0) is 27.0. The van der Waals surface area contributed by atoms with Gasteiger partial charge in [-0.1, -0.05) is 0 Å². The fourth-order valence-electron chi connectivity index (χ4n) is 5.45. The molecule has 0 aromatic carbocycles. The van der Waals surface area contributed by atoms with E-state index in [4.69, 9.17) is 9.84 Å². The highest BCUT2D eigenvalue weighted by Crippen LogP contribution is 2.38. The number of alkyl halides is 3. The van der Waals surface area contributed by atoms with Gasteiger partial charge in [-0.15, -0.1) is 0 Å². The Morgan fingerprint density at radius 1 is 1.13 bits per heavy atom. The number of likely N-dealkylation sites (N-methyl/N-ethyl adjacent to an activating group) is 1. The topological polar surface area (TPSA) is 71.3 Å². The van der Waals surface area contributed by atoms with Crippen LogP contribution >= 0.6 is 0 Å². The summed E-state index contributed by atoms with van der Waals surface area (Å²) in [6, 6.07) is 3.19. The Bertz CT molecular complexity index is 1270. The smallest absolute Gasteiger partial charge is 0.419 e. The zero-order valence-electron chi connectivity index (χ0n) is 21.8. The van der Waals surface area contributed by atoms with E-state index in [1.165, 1.54) is 0 Å². The molecular weight excluding hydrogens is 502 g/mol. The molecule has 1 N–H and O–H groups in total. The molecule has 206 valence electrons. The quantitative estimate of drug-likeness (QED) is 0.421. The Hall–Kier alpha value is -3.15. The third-order valence-electron chi connectivity index (χ3n) is 7.55. The number of hydrogen-bond acceptors (Lipinski definition) is 7. The molecule has 0 radical (unpaired) electrons. The average molecular weight is 536 g/mol. The van der Waals surface area contributed by atoms with Gasteiger partial charge in [0.25, 0.3) is 5.88 Å². The van der Waals surface area contributed by atoms with E-state index in [1.54, 1.807) is 0 Å². The number of pyridine rings is 2. The van der Waals surface area contributed by atoms with Crippen LogP contribution in [0.5, 0.6) is 5.88 Å². The fraction of sp³-hybridized carbons (Fsp3) is 0.577. The highest BCUT2D eigenvalue weighted by molar-refractivity contribution is 5.91. The monoisotopic (exact) mass is 535 g/mol. The van der Waals surface area contributed by atoms with Crippen molar-refractivity contribution in [2.24, 2.45) is 0 Å². The normalized spacial score (nSPS) is 22.4. The second-order valence-electron chi connectivity index (χ2n) is 10.3. The van der Waals surface area contributed by atoms with Gasteiger partial charge in [-0.05, 0) is 59.2 Å². The second-order valence-corrected chi connectivity index (χ2v) is 10.3. The van der Waals surface area contributed by atoms with E-state index in [2.05, 4.69) is 43.9 Å². The number of halogens is 4. The maximum absolute atomic E-state index is 14.4. The van der Waals surface area contributed by atoms with Gasteiger partial charge in [0, 0.05) is 44.1 Å². The molecule has 3 aromatic rings. The van der Waals surface area contributed by atoms with E-state index in [1.807, 2.05) is 19.2 Å². The minimum atomic E-state index is -4.80. The highest BCUT2D eigenvalue weighted by atomic mass is 19.4. The molecule has 2 aliphatic rings. The Balaban J connectivity index is 1.35. The van der Waals surface area contributed by atoms with Crippen molar-refractivity contribution in [3.8, 4) is 5.88 Å². The number of aromatic nitrogens is 4. The molecule has 0 bridgehead atoms. The first-order valence-electron chi connectivity index (χ1n) is 13.1. The van der Waals surface area contributed by atoms with E-state index in [0.29, 0.717) is 37.8 Å². The fourth-order valence-corrected chi connectivity index (χ4v) is 5.45. The molecule has 0 amide bonds. The van der Waals surface area contributed by atoms with Crippen molar-refractivity contribution in [2.45, 2.75) is 63.4 Å². The summed E-state index contributed by atoms with van der Waals surface area (Å²) in [7, 11) is 4.19.